The van der Waals surface area contributed by atoms with Crippen molar-refractivity contribution >= 4 is 27.3 Å². The van der Waals surface area contributed by atoms with Crippen molar-refractivity contribution in [2.24, 2.45) is 9.81 Å². The molecule has 0 aliphatic carbocycles. The van der Waals surface area contributed by atoms with E-state index >= 15 is 0 Å². The van der Waals surface area contributed by atoms with Gasteiger partial charge in [-0.15, -0.1) is 0 Å². The summed E-state index contributed by atoms with van der Waals surface area (Å²) in [7, 11) is -3.84. The van der Waals surface area contributed by atoms with E-state index in [-0.39, 0.29) is 15.7 Å². The summed E-state index contributed by atoms with van der Waals surface area (Å²) in [5.74, 6) is -0.313. The number of rotatable bonds is 0. The summed E-state index contributed by atoms with van der Waals surface area (Å²) in [6.07, 6.45) is 0. The lowest BCUT2D eigenvalue weighted by molar-refractivity contribution is 0.459. The lowest BCUT2D eigenvalue weighted by atomic mass is 9.85. The molecular weight excluding hydrogens is 262 g/mol. The van der Waals surface area contributed by atoms with Crippen LogP contribution >= 0.6 is 11.6 Å². The molecule has 6 heteroatoms. The summed E-state index contributed by atoms with van der Waals surface area (Å²) in [5.41, 5.74) is 0.239. The Morgan fingerprint density at radius 1 is 1.29 bits per heavy atom. The number of sulfonamides is 1. The zero-order valence-electron chi connectivity index (χ0n) is 9.65. The smallest absolute Gasteiger partial charge is 0.286 e. The maximum absolute atomic E-state index is 11.9. The van der Waals surface area contributed by atoms with Gasteiger partial charge in [0, 0.05) is 11.0 Å². The van der Waals surface area contributed by atoms with Crippen LogP contribution in [0.1, 0.15) is 26.3 Å². The quantitative estimate of drug-likeness (QED) is 0.790. The average molecular weight is 274 g/mol. The van der Waals surface area contributed by atoms with E-state index in [9.17, 15) is 13.5 Å². The van der Waals surface area contributed by atoms with Crippen molar-refractivity contribution in [2.45, 2.75) is 25.7 Å². The van der Waals surface area contributed by atoms with E-state index in [1.165, 1.54) is 12.1 Å². The highest BCUT2D eigenvalue weighted by Gasteiger charge is 2.38. The molecule has 0 spiro atoms. The standard InChI is InChI=1S/C11H12ClNO3S/c1-11(2,3)10-8-6(12)4-5-7(14)9(8)17(15,16)13-10/h4-5,14H,1-3H3. The van der Waals surface area contributed by atoms with E-state index in [0.717, 1.165) is 0 Å². The summed E-state index contributed by atoms with van der Waals surface area (Å²) in [5, 5.41) is 9.95. The van der Waals surface area contributed by atoms with Gasteiger partial charge < -0.3 is 5.11 Å². The molecule has 0 amide bonds. The summed E-state index contributed by atoms with van der Waals surface area (Å²) in [6, 6.07) is 2.73. The normalized spacial score (nSPS) is 17.8. The van der Waals surface area contributed by atoms with Crippen LogP contribution in [0.5, 0.6) is 5.75 Å². The van der Waals surface area contributed by atoms with Crippen LogP contribution in [0.15, 0.2) is 21.4 Å². The first kappa shape index (κ1) is 12.4. The molecule has 0 aromatic heterocycles. The Kier molecular flexibility index (Phi) is 2.52. The molecule has 0 atom stereocenters. The van der Waals surface area contributed by atoms with Gasteiger partial charge in [0.2, 0.25) is 0 Å². The minimum atomic E-state index is -3.84. The largest absolute Gasteiger partial charge is 0.506 e. The maximum atomic E-state index is 11.9. The van der Waals surface area contributed by atoms with Gasteiger partial charge in [-0.1, -0.05) is 32.4 Å². The molecule has 92 valence electrons. The Morgan fingerprint density at radius 3 is 2.41 bits per heavy atom. The molecule has 0 fully saturated rings. The SMILES string of the molecule is CC(C)(C)C1=NS(=O)(=O)c2c(O)ccc(Cl)c21. The number of benzene rings is 1. The van der Waals surface area contributed by atoms with E-state index in [0.29, 0.717) is 11.3 Å². The predicted octanol–water partition coefficient (Wildman–Crippen LogP) is 2.58. The third-order valence-corrected chi connectivity index (χ3v) is 4.17. The monoisotopic (exact) mass is 273 g/mol. The Morgan fingerprint density at radius 2 is 1.88 bits per heavy atom. The highest BCUT2D eigenvalue weighted by atomic mass is 35.5. The van der Waals surface area contributed by atoms with Gasteiger partial charge in [0.05, 0.1) is 10.7 Å². The Labute approximate surface area is 105 Å². The first-order valence-corrected chi connectivity index (χ1v) is 6.83. The molecule has 1 N–H and O–H groups in total. The van der Waals surface area contributed by atoms with Crippen LogP contribution < -0.4 is 0 Å². The second-order valence-corrected chi connectivity index (χ2v) is 6.88. The molecule has 0 unspecified atom stereocenters. The van der Waals surface area contributed by atoms with Gasteiger partial charge in [-0.3, -0.25) is 0 Å². The van der Waals surface area contributed by atoms with Crippen LogP contribution in [-0.4, -0.2) is 19.2 Å². The molecule has 1 aliphatic heterocycles. The first-order chi connectivity index (χ1) is 7.64. The zero-order valence-corrected chi connectivity index (χ0v) is 11.2. The molecule has 0 bridgehead atoms. The molecule has 1 heterocycles. The van der Waals surface area contributed by atoms with Crippen molar-refractivity contribution in [3.8, 4) is 5.75 Å². The van der Waals surface area contributed by atoms with Gasteiger partial charge in [0.25, 0.3) is 10.0 Å². The Bertz CT molecular complexity index is 627. The lowest BCUT2D eigenvalue weighted by Gasteiger charge is -2.19. The summed E-state index contributed by atoms with van der Waals surface area (Å²) in [4.78, 5) is -0.185. The fourth-order valence-electron chi connectivity index (χ4n) is 1.75. The summed E-state index contributed by atoms with van der Waals surface area (Å²) >= 11 is 6.01. The molecule has 17 heavy (non-hydrogen) atoms. The van der Waals surface area contributed by atoms with Crippen molar-refractivity contribution in [1.82, 2.24) is 0 Å². The predicted molar refractivity (Wildman–Crippen MR) is 66.3 cm³/mol. The molecule has 4 nitrogen and oxygen atoms in total. The van der Waals surface area contributed by atoms with Crippen molar-refractivity contribution in [3.05, 3.63) is 22.7 Å². The molecule has 2 rings (SSSR count). The van der Waals surface area contributed by atoms with Crippen LogP contribution in [0.2, 0.25) is 5.02 Å². The van der Waals surface area contributed by atoms with Gasteiger partial charge in [-0.05, 0) is 12.1 Å². The van der Waals surface area contributed by atoms with Gasteiger partial charge in [-0.25, -0.2) is 0 Å². The number of hydrogen-bond acceptors (Lipinski definition) is 3. The second kappa shape index (κ2) is 3.46. The minimum absolute atomic E-state index is 0.185. The number of halogens is 1. The number of hydrogen-bond donors (Lipinski definition) is 1. The third kappa shape index (κ3) is 1.83. The number of phenolic OH excluding ortho intramolecular Hbond substituents is 1. The van der Waals surface area contributed by atoms with E-state index in [2.05, 4.69) is 4.40 Å². The second-order valence-electron chi connectivity index (χ2n) is 4.94. The van der Waals surface area contributed by atoms with Crippen molar-refractivity contribution < 1.29 is 13.5 Å². The van der Waals surface area contributed by atoms with Crippen molar-refractivity contribution in [2.75, 3.05) is 0 Å². The topological polar surface area (TPSA) is 66.7 Å². The van der Waals surface area contributed by atoms with Gasteiger partial charge >= 0.3 is 0 Å². The fourth-order valence-corrected chi connectivity index (χ4v) is 3.55. The molecule has 1 aliphatic rings. The maximum Gasteiger partial charge on any atom is 0.286 e. The van der Waals surface area contributed by atoms with Crippen molar-refractivity contribution in [3.63, 3.8) is 0 Å². The average Bonchev–Trinajstić information content (AvgIpc) is 2.45. The number of aromatic hydroxyl groups is 1. The number of nitrogens with zero attached hydrogens (tertiary/aromatic N) is 1. The highest BCUT2D eigenvalue weighted by Crippen LogP contribution is 2.42. The number of fused-ring (bicyclic) bond motifs is 1. The summed E-state index contributed by atoms with van der Waals surface area (Å²) < 4.78 is 27.5. The molecule has 0 saturated carbocycles. The Hall–Kier alpha value is -1.07. The van der Waals surface area contributed by atoms with E-state index < -0.39 is 15.4 Å². The minimum Gasteiger partial charge on any atom is -0.506 e. The third-order valence-electron chi connectivity index (χ3n) is 2.50. The van der Waals surface area contributed by atoms with Gasteiger partial charge in [0.1, 0.15) is 10.6 Å². The van der Waals surface area contributed by atoms with Crippen LogP contribution in [0.4, 0.5) is 0 Å². The lowest BCUT2D eigenvalue weighted by Crippen LogP contribution is -2.20. The molecule has 1 aromatic carbocycles. The van der Waals surface area contributed by atoms with Gasteiger partial charge in [0.15, 0.2) is 0 Å². The zero-order chi connectivity index (χ0) is 13.0. The molecule has 0 saturated heterocycles. The van der Waals surface area contributed by atoms with Crippen LogP contribution in [0.3, 0.4) is 0 Å². The van der Waals surface area contributed by atoms with Crippen LogP contribution in [0, 0.1) is 5.41 Å². The van der Waals surface area contributed by atoms with E-state index in [4.69, 9.17) is 11.6 Å². The van der Waals surface area contributed by atoms with Crippen molar-refractivity contribution in [1.29, 1.82) is 0 Å². The van der Waals surface area contributed by atoms with E-state index in [1.807, 2.05) is 20.8 Å². The Balaban J connectivity index is 2.89. The summed E-state index contributed by atoms with van der Waals surface area (Å²) in [6.45, 7) is 5.53. The fraction of sp³-hybridized carbons (Fsp3) is 0.364. The first-order valence-electron chi connectivity index (χ1n) is 5.02. The molecule has 1 aromatic rings. The molecule has 0 radical (unpaired) electrons. The van der Waals surface area contributed by atoms with E-state index in [1.54, 1.807) is 0 Å². The number of phenols is 1. The van der Waals surface area contributed by atoms with Crippen LogP contribution in [0.25, 0.3) is 0 Å². The molecular formula is C11H12ClNO3S. The van der Waals surface area contributed by atoms with Crippen LogP contribution in [-0.2, 0) is 10.0 Å². The van der Waals surface area contributed by atoms with Gasteiger partial charge in [-0.2, -0.15) is 12.8 Å². The highest BCUT2D eigenvalue weighted by molar-refractivity contribution is 7.91.